The van der Waals surface area contributed by atoms with Crippen LogP contribution in [0.1, 0.15) is 19.4 Å². The summed E-state index contributed by atoms with van der Waals surface area (Å²) in [7, 11) is 0. The molecule has 16 heavy (non-hydrogen) atoms. The van der Waals surface area contributed by atoms with Gasteiger partial charge in [0, 0.05) is 5.56 Å². The number of carbonyl (C=O) groups excluding carboxylic acids is 1. The zero-order valence-electron chi connectivity index (χ0n) is 9.50. The highest BCUT2D eigenvalue weighted by Gasteiger charge is 2.20. The smallest absolute Gasteiger partial charge is 0.313 e. The number of halogens is 1. The first-order valence-corrected chi connectivity index (χ1v) is 5.18. The molecule has 0 amide bonds. The average Bonchev–Trinajstić information content (AvgIpc) is 2.28. The monoisotopic (exact) mass is 222 g/mol. The normalized spacial score (nSPS) is 11.9. The van der Waals surface area contributed by atoms with E-state index in [1.54, 1.807) is 32.0 Å². The number of esters is 1. The van der Waals surface area contributed by atoms with Gasteiger partial charge >= 0.3 is 5.97 Å². The van der Waals surface area contributed by atoms with Crippen LogP contribution in [0.4, 0.5) is 4.39 Å². The molecule has 1 aromatic carbocycles. The van der Waals surface area contributed by atoms with Crippen molar-refractivity contribution in [1.82, 2.24) is 0 Å². The Morgan fingerprint density at radius 3 is 2.69 bits per heavy atom. The highest BCUT2D eigenvalue weighted by molar-refractivity contribution is 5.87. The Morgan fingerprint density at radius 1 is 1.50 bits per heavy atom. The lowest BCUT2D eigenvalue weighted by Crippen LogP contribution is -2.16. The van der Waals surface area contributed by atoms with Gasteiger partial charge in [-0.25, -0.2) is 4.39 Å². The molecule has 0 spiro atoms. The van der Waals surface area contributed by atoms with Crippen molar-refractivity contribution in [3.8, 4) is 0 Å². The molecule has 0 N–H and O–H groups in total. The summed E-state index contributed by atoms with van der Waals surface area (Å²) in [6.07, 6.45) is 0. The van der Waals surface area contributed by atoms with Gasteiger partial charge in [0.2, 0.25) is 0 Å². The van der Waals surface area contributed by atoms with E-state index < -0.39 is 5.92 Å². The maximum absolute atomic E-state index is 13.4. The summed E-state index contributed by atoms with van der Waals surface area (Å²) in [6.45, 7) is 7.45. The molecule has 0 fully saturated rings. The summed E-state index contributed by atoms with van der Waals surface area (Å²) in [6, 6.07) is 6.26. The molecule has 0 bridgehead atoms. The minimum absolute atomic E-state index is 0.313. The zero-order valence-corrected chi connectivity index (χ0v) is 9.50. The molecule has 0 saturated heterocycles. The van der Waals surface area contributed by atoms with E-state index in [0.717, 1.165) is 0 Å². The Morgan fingerprint density at radius 2 is 2.12 bits per heavy atom. The Hall–Kier alpha value is -1.64. The third-order valence-corrected chi connectivity index (χ3v) is 2.38. The second kappa shape index (κ2) is 5.45. The Labute approximate surface area is 94.7 Å². The van der Waals surface area contributed by atoms with Crippen LogP contribution in [0.5, 0.6) is 0 Å². The van der Waals surface area contributed by atoms with Crippen molar-refractivity contribution in [3.05, 3.63) is 42.2 Å². The van der Waals surface area contributed by atoms with Crippen LogP contribution < -0.4 is 0 Å². The van der Waals surface area contributed by atoms with Crippen molar-refractivity contribution in [2.45, 2.75) is 13.8 Å². The number of hydrogen-bond donors (Lipinski definition) is 0. The molecule has 3 heteroatoms. The van der Waals surface area contributed by atoms with Crippen molar-refractivity contribution in [2.24, 2.45) is 5.92 Å². The molecule has 86 valence electrons. The molecule has 0 heterocycles. The minimum Gasteiger partial charge on any atom is -0.466 e. The second-order valence-electron chi connectivity index (χ2n) is 3.48. The van der Waals surface area contributed by atoms with E-state index in [1.165, 1.54) is 6.07 Å². The van der Waals surface area contributed by atoms with Gasteiger partial charge in [0.15, 0.2) is 0 Å². The molecule has 2 nitrogen and oxygen atoms in total. The van der Waals surface area contributed by atoms with Crippen LogP contribution in [0.15, 0.2) is 30.8 Å². The largest absolute Gasteiger partial charge is 0.466 e. The van der Waals surface area contributed by atoms with E-state index in [1.807, 2.05) is 0 Å². The van der Waals surface area contributed by atoms with Gasteiger partial charge in [0.1, 0.15) is 5.82 Å². The van der Waals surface area contributed by atoms with Gasteiger partial charge in [-0.3, -0.25) is 4.79 Å². The second-order valence-corrected chi connectivity index (χ2v) is 3.48. The van der Waals surface area contributed by atoms with Crippen LogP contribution in [0, 0.1) is 11.7 Å². The van der Waals surface area contributed by atoms with Crippen LogP contribution in [0.3, 0.4) is 0 Å². The Balaban J connectivity index is 2.86. The third kappa shape index (κ3) is 2.69. The van der Waals surface area contributed by atoms with Crippen LogP contribution >= 0.6 is 0 Å². The lowest BCUT2D eigenvalue weighted by Gasteiger charge is -2.14. The topological polar surface area (TPSA) is 26.3 Å². The van der Waals surface area contributed by atoms with Crippen LogP contribution in [-0.4, -0.2) is 12.6 Å². The first-order valence-electron chi connectivity index (χ1n) is 5.18. The fourth-order valence-electron chi connectivity index (χ4n) is 1.36. The molecular formula is C13H15FO2. The maximum Gasteiger partial charge on any atom is 0.313 e. The summed E-state index contributed by atoms with van der Waals surface area (Å²) in [5, 5.41) is 0. The zero-order chi connectivity index (χ0) is 12.1. The lowest BCUT2D eigenvalue weighted by atomic mass is 9.95. The first kappa shape index (κ1) is 12.4. The van der Waals surface area contributed by atoms with E-state index in [9.17, 15) is 9.18 Å². The molecule has 1 aromatic rings. The van der Waals surface area contributed by atoms with E-state index >= 15 is 0 Å². The summed E-state index contributed by atoms with van der Waals surface area (Å²) >= 11 is 0. The molecule has 0 aromatic heterocycles. The summed E-state index contributed by atoms with van der Waals surface area (Å²) in [4.78, 5) is 11.5. The van der Waals surface area contributed by atoms with Crippen LogP contribution in [0.25, 0.3) is 5.57 Å². The third-order valence-electron chi connectivity index (χ3n) is 2.38. The highest BCUT2D eigenvalue weighted by atomic mass is 19.1. The van der Waals surface area contributed by atoms with Crippen molar-refractivity contribution >= 4 is 11.5 Å². The quantitative estimate of drug-likeness (QED) is 0.732. The summed E-state index contributed by atoms with van der Waals surface area (Å²) in [5.41, 5.74) is 0.805. The standard InChI is InChI=1S/C13H15FO2/c1-4-16-13(15)10(3)9(2)11-7-5-6-8-12(11)14/h5-8,10H,2,4H2,1,3H3. The molecule has 1 rings (SSSR count). The fourth-order valence-corrected chi connectivity index (χ4v) is 1.36. The number of ether oxygens (including phenoxy) is 1. The number of carbonyl (C=O) groups is 1. The van der Waals surface area contributed by atoms with Gasteiger partial charge in [-0.1, -0.05) is 24.8 Å². The van der Waals surface area contributed by atoms with Gasteiger partial charge in [-0.2, -0.15) is 0 Å². The predicted octanol–water partition coefficient (Wildman–Crippen LogP) is 3.04. The van der Waals surface area contributed by atoms with Crippen molar-refractivity contribution in [1.29, 1.82) is 0 Å². The van der Waals surface area contributed by atoms with Crippen LogP contribution in [-0.2, 0) is 9.53 Å². The van der Waals surface area contributed by atoms with E-state index in [0.29, 0.717) is 17.7 Å². The first-order chi connectivity index (χ1) is 7.57. The van der Waals surface area contributed by atoms with Crippen molar-refractivity contribution in [2.75, 3.05) is 6.61 Å². The van der Waals surface area contributed by atoms with Crippen LogP contribution in [0.2, 0.25) is 0 Å². The van der Waals surface area contributed by atoms with Crippen molar-refractivity contribution < 1.29 is 13.9 Å². The summed E-state index contributed by atoms with van der Waals surface area (Å²) in [5.74, 6) is -1.28. The van der Waals surface area contributed by atoms with Gasteiger partial charge in [-0.15, -0.1) is 0 Å². The van der Waals surface area contributed by atoms with E-state index in [2.05, 4.69) is 6.58 Å². The summed E-state index contributed by atoms with van der Waals surface area (Å²) < 4.78 is 18.3. The molecule has 1 atom stereocenters. The number of rotatable bonds is 4. The van der Waals surface area contributed by atoms with Gasteiger partial charge in [0.25, 0.3) is 0 Å². The number of benzene rings is 1. The Kier molecular flexibility index (Phi) is 4.23. The molecule has 0 aliphatic carbocycles. The fraction of sp³-hybridized carbons (Fsp3) is 0.308. The van der Waals surface area contributed by atoms with E-state index in [-0.39, 0.29) is 11.8 Å². The average molecular weight is 222 g/mol. The van der Waals surface area contributed by atoms with Gasteiger partial charge in [0.05, 0.1) is 12.5 Å². The number of hydrogen-bond acceptors (Lipinski definition) is 2. The SMILES string of the molecule is C=C(c1ccccc1F)C(C)C(=O)OCC. The van der Waals surface area contributed by atoms with Gasteiger partial charge in [-0.05, 0) is 25.5 Å². The highest BCUT2D eigenvalue weighted by Crippen LogP contribution is 2.24. The minimum atomic E-state index is -0.531. The van der Waals surface area contributed by atoms with Gasteiger partial charge < -0.3 is 4.74 Å². The molecule has 0 saturated carbocycles. The van der Waals surface area contributed by atoms with Crippen molar-refractivity contribution in [3.63, 3.8) is 0 Å². The molecular weight excluding hydrogens is 207 g/mol. The lowest BCUT2D eigenvalue weighted by molar-refractivity contribution is -0.145. The Bertz CT molecular complexity index is 399. The molecule has 0 radical (unpaired) electrons. The predicted molar refractivity (Wildman–Crippen MR) is 61.2 cm³/mol. The molecule has 0 aliphatic heterocycles. The molecule has 0 aliphatic rings. The molecule has 1 unspecified atom stereocenters. The maximum atomic E-state index is 13.4. The van der Waals surface area contributed by atoms with E-state index in [4.69, 9.17) is 4.74 Å².